The summed E-state index contributed by atoms with van der Waals surface area (Å²) in [5.41, 5.74) is 1.71. The van der Waals surface area contributed by atoms with Gasteiger partial charge >= 0.3 is 0 Å². The number of hydrogen-bond acceptors (Lipinski definition) is 2. The van der Waals surface area contributed by atoms with Gasteiger partial charge in [0, 0.05) is 16.9 Å². The van der Waals surface area contributed by atoms with Crippen LogP contribution in [0.4, 0.5) is 5.69 Å². The average molecular weight is 250 g/mol. The van der Waals surface area contributed by atoms with Crippen LogP contribution in [0.2, 0.25) is 5.02 Å². The minimum atomic E-state index is -0.129. The molecule has 0 atom stereocenters. The lowest BCUT2D eigenvalue weighted by Crippen LogP contribution is -2.18. The Balaban J connectivity index is 1.98. The fourth-order valence-electron chi connectivity index (χ4n) is 1.47. The van der Waals surface area contributed by atoms with Gasteiger partial charge in [-0.15, -0.1) is 0 Å². The number of benzene rings is 1. The summed E-state index contributed by atoms with van der Waals surface area (Å²) in [5, 5.41) is 7.40. The molecule has 0 unspecified atom stereocenters. The Labute approximate surface area is 104 Å². The molecule has 0 saturated carbocycles. The second-order valence-corrected chi connectivity index (χ2v) is 4.21. The number of hydrogen-bond donors (Lipinski definition) is 1. The predicted octanol–water partition coefficient (Wildman–Crippen LogP) is 2.48. The maximum atomic E-state index is 11.7. The highest BCUT2D eigenvalue weighted by Gasteiger charge is 2.04. The number of carbonyl (C=O) groups excluding carboxylic acids is 1. The Morgan fingerprint density at radius 2 is 2.35 bits per heavy atom. The van der Waals surface area contributed by atoms with Gasteiger partial charge in [-0.3, -0.25) is 9.48 Å². The first-order valence-electron chi connectivity index (χ1n) is 5.18. The number of aromatic nitrogens is 2. The molecule has 2 rings (SSSR count). The fraction of sp³-hybridized carbons (Fsp3) is 0.167. The molecule has 0 aliphatic heterocycles. The van der Waals surface area contributed by atoms with E-state index in [2.05, 4.69) is 10.4 Å². The lowest BCUT2D eigenvalue weighted by atomic mass is 10.3. The fourth-order valence-corrected chi connectivity index (χ4v) is 1.66. The molecule has 0 radical (unpaired) electrons. The van der Waals surface area contributed by atoms with Crippen molar-refractivity contribution < 1.29 is 4.79 Å². The lowest BCUT2D eigenvalue weighted by molar-refractivity contribution is -0.116. The Morgan fingerprint density at radius 1 is 1.53 bits per heavy atom. The highest BCUT2D eigenvalue weighted by atomic mass is 35.5. The number of nitrogens with one attached hydrogen (secondary N) is 1. The summed E-state index contributed by atoms with van der Waals surface area (Å²) in [5.74, 6) is -0.129. The standard InChI is InChI=1S/C12H12ClN3O/c1-9-6-14-16(7-9)8-12(17)15-11-4-2-3-10(13)5-11/h2-7H,8H2,1H3,(H,15,17). The van der Waals surface area contributed by atoms with E-state index >= 15 is 0 Å². The zero-order valence-electron chi connectivity index (χ0n) is 9.35. The Bertz CT molecular complexity index is 536. The van der Waals surface area contributed by atoms with Gasteiger partial charge in [-0.25, -0.2) is 0 Å². The van der Waals surface area contributed by atoms with Crippen LogP contribution in [-0.2, 0) is 11.3 Å². The maximum absolute atomic E-state index is 11.7. The van der Waals surface area contributed by atoms with E-state index in [1.54, 1.807) is 35.1 Å². The van der Waals surface area contributed by atoms with Crippen molar-refractivity contribution in [2.45, 2.75) is 13.5 Å². The van der Waals surface area contributed by atoms with Gasteiger partial charge in [0.15, 0.2) is 0 Å². The van der Waals surface area contributed by atoms with Crippen molar-refractivity contribution in [1.82, 2.24) is 9.78 Å². The van der Waals surface area contributed by atoms with Crippen LogP contribution in [0.5, 0.6) is 0 Å². The second kappa shape index (κ2) is 5.01. The molecule has 5 heteroatoms. The summed E-state index contributed by atoms with van der Waals surface area (Å²) in [6, 6.07) is 7.04. The van der Waals surface area contributed by atoms with Gasteiger partial charge in [0.05, 0.1) is 6.20 Å². The quantitative estimate of drug-likeness (QED) is 0.909. The molecule has 0 saturated heterocycles. The molecular formula is C12H12ClN3O. The monoisotopic (exact) mass is 249 g/mol. The molecular weight excluding hydrogens is 238 g/mol. The molecule has 0 aliphatic carbocycles. The van der Waals surface area contributed by atoms with Crippen LogP contribution in [0.3, 0.4) is 0 Å². The van der Waals surface area contributed by atoms with Gasteiger partial charge in [-0.2, -0.15) is 5.10 Å². The molecule has 1 N–H and O–H groups in total. The van der Waals surface area contributed by atoms with Gasteiger partial charge in [0.2, 0.25) is 5.91 Å². The third-order valence-corrected chi connectivity index (χ3v) is 2.41. The van der Waals surface area contributed by atoms with E-state index in [4.69, 9.17) is 11.6 Å². The van der Waals surface area contributed by atoms with Crippen LogP contribution in [0, 0.1) is 6.92 Å². The normalized spacial score (nSPS) is 10.2. The van der Waals surface area contributed by atoms with E-state index in [-0.39, 0.29) is 12.5 Å². The van der Waals surface area contributed by atoms with Crippen LogP contribution in [0.15, 0.2) is 36.7 Å². The van der Waals surface area contributed by atoms with Crippen molar-refractivity contribution in [3.63, 3.8) is 0 Å². The molecule has 1 heterocycles. The smallest absolute Gasteiger partial charge is 0.246 e. The van der Waals surface area contributed by atoms with Crippen molar-refractivity contribution in [3.05, 3.63) is 47.2 Å². The summed E-state index contributed by atoms with van der Waals surface area (Å²) >= 11 is 5.82. The molecule has 17 heavy (non-hydrogen) atoms. The second-order valence-electron chi connectivity index (χ2n) is 3.77. The van der Waals surface area contributed by atoms with Crippen LogP contribution < -0.4 is 5.32 Å². The predicted molar refractivity (Wildman–Crippen MR) is 67.0 cm³/mol. The third-order valence-electron chi connectivity index (χ3n) is 2.18. The molecule has 0 spiro atoms. The number of amides is 1. The highest BCUT2D eigenvalue weighted by Crippen LogP contribution is 2.14. The van der Waals surface area contributed by atoms with Gasteiger partial charge in [0.1, 0.15) is 6.54 Å². The molecule has 4 nitrogen and oxygen atoms in total. The highest BCUT2D eigenvalue weighted by molar-refractivity contribution is 6.30. The van der Waals surface area contributed by atoms with E-state index in [9.17, 15) is 4.79 Å². The van der Waals surface area contributed by atoms with Crippen molar-refractivity contribution >= 4 is 23.2 Å². The van der Waals surface area contributed by atoms with Gasteiger partial charge in [0.25, 0.3) is 0 Å². The number of aryl methyl sites for hydroxylation is 1. The molecule has 1 aromatic heterocycles. The molecule has 88 valence electrons. The van der Waals surface area contributed by atoms with Crippen molar-refractivity contribution in [2.24, 2.45) is 0 Å². The van der Waals surface area contributed by atoms with Crippen LogP contribution in [0.25, 0.3) is 0 Å². The molecule has 2 aromatic rings. The number of carbonyl (C=O) groups is 1. The molecule has 1 aromatic carbocycles. The largest absolute Gasteiger partial charge is 0.324 e. The van der Waals surface area contributed by atoms with E-state index in [1.165, 1.54) is 0 Å². The first-order valence-corrected chi connectivity index (χ1v) is 5.56. The zero-order chi connectivity index (χ0) is 12.3. The van der Waals surface area contributed by atoms with E-state index in [0.717, 1.165) is 5.56 Å². The lowest BCUT2D eigenvalue weighted by Gasteiger charge is -2.05. The summed E-state index contributed by atoms with van der Waals surface area (Å²) in [7, 11) is 0. The number of nitrogens with zero attached hydrogens (tertiary/aromatic N) is 2. The molecule has 0 fully saturated rings. The van der Waals surface area contributed by atoms with E-state index in [1.807, 2.05) is 13.1 Å². The summed E-state index contributed by atoms with van der Waals surface area (Å²) in [6.07, 6.45) is 3.53. The van der Waals surface area contributed by atoms with Crippen molar-refractivity contribution in [3.8, 4) is 0 Å². The maximum Gasteiger partial charge on any atom is 0.246 e. The van der Waals surface area contributed by atoms with Crippen LogP contribution in [-0.4, -0.2) is 15.7 Å². The van der Waals surface area contributed by atoms with Gasteiger partial charge in [-0.1, -0.05) is 17.7 Å². The zero-order valence-corrected chi connectivity index (χ0v) is 10.1. The first-order chi connectivity index (χ1) is 8.13. The minimum Gasteiger partial charge on any atom is -0.324 e. The van der Waals surface area contributed by atoms with E-state index in [0.29, 0.717) is 10.7 Å². The minimum absolute atomic E-state index is 0.129. The number of anilines is 1. The summed E-state index contributed by atoms with van der Waals surface area (Å²) in [6.45, 7) is 2.12. The first kappa shape index (κ1) is 11.7. The number of rotatable bonds is 3. The topological polar surface area (TPSA) is 46.9 Å². The Hall–Kier alpha value is -1.81. The molecule has 0 aliphatic rings. The van der Waals surface area contributed by atoms with Crippen molar-refractivity contribution in [2.75, 3.05) is 5.32 Å². The summed E-state index contributed by atoms with van der Waals surface area (Å²) in [4.78, 5) is 11.7. The number of halogens is 1. The third kappa shape index (κ3) is 3.32. The summed E-state index contributed by atoms with van der Waals surface area (Å²) < 4.78 is 1.59. The van der Waals surface area contributed by atoms with Crippen LogP contribution >= 0.6 is 11.6 Å². The SMILES string of the molecule is Cc1cnn(CC(=O)Nc2cccc(Cl)c2)c1. The van der Waals surface area contributed by atoms with Crippen molar-refractivity contribution in [1.29, 1.82) is 0 Å². The van der Waals surface area contributed by atoms with Crippen LogP contribution in [0.1, 0.15) is 5.56 Å². The van der Waals surface area contributed by atoms with E-state index < -0.39 is 0 Å². The molecule has 0 bridgehead atoms. The Kier molecular flexibility index (Phi) is 3.44. The molecule has 1 amide bonds. The van der Waals surface area contributed by atoms with Gasteiger partial charge < -0.3 is 5.32 Å². The van der Waals surface area contributed by atoms with Gasteiger partial charge in [-0.05, 0) is 30.7 Å². The Morgan fingerprint density at radius 3 is 3.00 bits per heavy atom. The average Bonchev–Trinajstić information content (AvgIpc) is 2.63.